The van der Waals surface area contributed by atoms with Crippen molar-refractivity contribution in [3.05, 3.63) is 97.9 Å². The maximum Gasteiger partial charge on any atom is 0.244 e. The highest BCUT2D eigenvalue weighted by Gasteiger charge is 2.06. The molecule has 7 heteroatoms. The van der Waals surface area contributed by atoms with Gasteiger partial charge in [-0.25, -0.2) is 5.43 Å². The predicted molar refractivity (Wildman–Crippen MR) is 121 cm³/mol. The molecule has 3 aromatic carbocycles. The Kier molecular flexibility index (Phi) is 7.69. The summed E-state index contributed by atoms with van der Waals surface area (Å²) >= 11 is 15.6. The molecule has 0 aliphatic heterocycles. The van der Waals surface area contributed by atoms with E-state index in [2.05, 4.69) is 26.5 Å². The lowest BCUT2D eigenvalue weighted by Crippen LogP contribution is -2.19. The largest absolute Gasteiger partial charge is 0.488 e. The molecule has 1 N–H and O–H groups in total. The Morgan fingerprint density at radius 2 is 1.83 bits per heavy atom. The van der Waals surface area contributed by atoms with Gasteiger partial charge < -0.3 is 4.74 Å². The first-order valence-electron chi connectivity index (χ1n) is 8.73. The van der Waals surface area contributed by atoms with E-state index in [9.17, 15) is 4.79 Å². The third kappa shape index (κ3) is 6.60. The standard InChI is InChI=1S/C22H17BrCl2N2O2/c23-18-7-5-15(6-8-18)11-22(28)27-26-13-17-12-19(24)9-10-21(17)29-14-16-3-1-2-4-20(16)25/h1-10,12-13H,11,14H2,(H,27,28)/b26-13+. The first-order chi connectivity index (χ1) is 14.0. The van der Waals surface area contributed by atoms with Crippen LogP contribution in [0.5, 0.6) is 5.75 Å². The van der Waals surface area contributed by atoms with Crippen LogP contribution in [0.2, 0.25) is 10.0 Å². The van der Waals surface area contributed by atoms with Crippen LogP contribution >= 0.6 is 39.1 Å². The highest BCUT2D eigenvalue weighted by atomic mass is 79.9. The molecule has 3 aromatic rings. The van der Waals surface area contributed by atoms with Crippen molar-refractivity contribution in [2.75, 3.05) is 0 Å². The first-order valence-corrected chi connectivity index (χ1v) is 10.3. The number of rotatable bonds is 7. The van der Waals surface area contributed by atoms with Crippen LogP contribution in [0.1, 0.15) is 16.7 Å². The Bertz CT molecular complexity index is 1020. The summed E-state index contributed by atoms with van der Waals surface area (Å²) in [5.41, 5.74) is 4.94. The number of carbonyl (C=O) groups excluding carboxylic acids is 1. The van der Waals surface area contributed by atoms with Gasteiger partial charge in [0, 0.05) is 25.6 Å². The van der Waals surface area contributed by atoms with Crippen molar-refractivity contribution in [3.63, 3.8) is 0 Å². The minimum atomic E-state index is -0.218. The lowest BCUT2D eigenvalue weighted by molar-refractivity contribution is -0.120. The first kappa shape index (κ1) is 21.4. The molecule has 0 heterocycles. The number of benzene rings is 3. The van der Waals surface area contributed by atoms with Crippen molar-refractivity contribution in [2.24, 2.45) is 5.10 Å². The summed E-state index contributed by atoms with van der Waals surface area (Å²) in [5, 5.41) is 5.21. The van der Waals surface area contributed by atoms with Crippen molar-refractivity contribution in [1.29, 1.82) is 0 Å². The molecule has 0 atom stereocenters. The molecule has 0 aliphatic rings. The van der Waals surface area contributed by atoms with Gasteiger partial charge in [-0.1, -0.05) is 69.5 Å². The van der Waals surface area contributed by atoms with Gasteiger partial charge in [0.15, 0.2) is 0 Å². The summed E-state index contributed by atoms with van der Waals surface area (Å²) in [6.07, 6.45) is 1.74. The number of hydrogen-bond acceptors (Lipinski definition) is 3. The highest BCUT2D eigenvalue weighted by Crippen LogP contribution is 2.24. The topological polar surface area (TPSA) is 50.7 Å². The molecular formula is C22H17BrCl2N2O2. The SMILES string of the molecule is O=C(Cc1ccc(Br)cc1)N/N=C/c1cc(Cl)ccc1OCc1ccccc1Cl. The normalized spacial score (nSPS) is 10.9. The van der Waals surface area contributed by atoms with E-state index in [-0.39, 0.29) is 12.3 Å². The smallest absolute Gasteiger partial charge is 0.244 e. The van der Waals surface area contributed by atoms with Gasteiger partial charge in [-0.15, -0.1) is 0 Å². The molecule has 0 spiro atoms. The molecule has 3 rings (SSSR count). The number of ether oxygens (including phenoxy) is 1. The zero-order valence-corrected chi connectivity index (χ0v) is 18.3. The van der Waals surface area contributed by atoms with Gasteiger partial charge in [0.2, 0.25) is 5.91 Å². The third-order valence-corrected chi connectivity index (χ3v) is 5.12. The van der Waals surface area contributed by atoms with Crippen LogP contribution in [0.15, 0.2) is 76.3 Å². The van der Waals surface area contributed by atoms with Crippen LogP contribution in [-0.2, 0) is 17.8 Å². The van der Waals surface area contributed by atoms with Crippen LogP contribution in [0.25, 0.3) is 0 Å². The summed E-state index contributed by atoms with van der Waals surface area (Å²) in [4.78, 5) is 12.1. The molecule has 0 aromatic heterocycles. The van der Waals surface area contributed by atoms with Crippen molar-refractivity contribution in [2.45, 2.75) is 13.0 Å². The van der Waals surface area contributed by atoms with Crippen LogP contribution in [-0.4, -0.2) is 12.1 Å². The van der Waals surface area contributed by atoms with Crippen molar-refractivity contribution >= 4 is 51.3 Å². The zero-order valence-electron chi connectivity index (χ0n) is 15.2. The minimum absolute atomic E-state index is 0.218. The number of nitrogens with zero attached hydrogens (tertiary/aromatic N) is 1. The lowest BCUT2D eigenvalue weighted by Gasteiger charge is -2.10. The number of halogens is 3. The van der Waals surface area contributed by atoms with Gasteiger partial charge in [0.05, 0.1) is 12.6 Å². The molecule has 0 radical (unpaired) electrons. The van der Waals surface area contributed by atoms with E-state index >= 15 is 0 Å². The summed E-state index contributed by atoms with van der Waals surface area (Å²) < 4.78 is 6.83. The molecule has 0 saturated heterocycles. The van der Waals surface area contributed by atoms with E-state index in [1.54, 1.807) is 18.2 Å². The Balaban J connectivity index is 1.63. The van der Waals surface area contributed by atoms with Crippen LogP contribution in [0.4, 0.5) is 0 Å². The Morgan fingerprint density at radius 3 is 2.59 bits per heavy atom. The maximum absolute atomic E-state index is 12.1. The number of hydrogen-bond donors (Lipinski definition) is 1. The molecule has 0 fully saturated rings. The van der Waals surface area contributed by atoms with Crippen LogP contribution in [0, 0.1) is 0 Å². The van der Waals surface area contributed by atoms with Gasteiger partial charge in [0.1, 0.15) is 12.4 Å². The molecule has 148 valence electrons. The molecule has 0 aliphatic carbocycles. The number of amides is 1. The van der Waals surface area contributed by atoms with E-state index in [1.807, 2.05) is 48.5 Å². The monoisotopic (exact) mass is 490 g/mol. The third-order valence-electron chi connectivity index (χ3n) is 3.98. The fraction of sp³-hybridized carbons (Fsp3) is 0.0909. The van der Waals surface area contributed by atoms with Gasteiger partial charge in [-0.3, -0.25) is 4.79 Å². The Labute approximate surface area is 187 Å². The quantitative estimate of drug-likeness (QED) is 0.324. The molecule has 0 unspecified atom stereocenters. The van der Waals surface area contributed by atoms with E-state index in [1.165, 1.54) is 6.21 Å². The molecule has 1 amide bonds. The van der Waals surface area contributed by atoms with E-state index in [4.69, 9.17) is 27.9 Å². The molecule has 0 bridgehead atoms. The molecule has 0 saturated carbocycles. The second kappa shape index (κ2) is 10.4. The van der Waals surface area contributed by atoms with E-state index in [0.29, 0.717) is 28.0 Å². The lowest BCUT2D eigenvalue weighted by atomic mass is 10.1. The van der Waals surface area contributed by atoms with Gasteiger partial charge >= 0.3 is 0 Å². The molecular weight excluding hydrogens is 475 g/mol. The Hall–Kier alpha value is -2.34. The average molecular weight is 492 g/mol. The van der Waals surface area contributed by atoms with Crippen molar-refractivity contribution in [1.82, 2.24) is 5.43 Å². The van der Waals surface area contributed by atoms with Crippen LogP contribution in [0.3, 0.4) is 0 Å². The van der Waals surface area contributed by atoms with E-state index < -0.39 is 0 Å². The molecule has 29 heavy (non-hydrogen) atoms. The number of carbonyl (C=O) groups is 1. The number of nitrogens with one attached hydrogen (secondary N) is 1. The van der Waals surface area contributed by atoms with Crippen molar-refractivity contribution < 1.29 is 9.53 Å². The predicted octanol–water partition coefficient (Wildman–Crippen LogP) is 6.03. The van der Waals surface area contributed by atoms with E-state index in [0.717, 1.165) is 15.6 Å². The molecule has 4 nitrogen and oxygen atoms in total. The maximum atomic E-state index is 12.1. The summed E-state index contributed by atoms with van der Waals surface area (Å²) in [6.45, 7) is 0.304. The summed E-state index contributed by atoms with van der Waals surface area (Å²) in [5.74, 6) is 0.365. The second-order valence-corrected chi connectivity index (χ2v) is 7.92. The highest BCUT2D eigenvalue weighted by molar-refractivity contribution is 9.10. The average Bonchev–Trinajstić information content (AvgIpc) is 2.70. The second-order valence-electron chi connectivity index (χ2n) is 6.16. The fourth-order valence-corrected chi connectivity index (χ4v) is 3.16. The fourth-order valence-electron chi connectivity index (χ4n) is 2.52. The summed E-state index contributed by atoms with van der Waals surface area (Å²) in [6, 6.07) is 20.2. The zero-order chi connectivity index (χ0) is 20.6. The Morgan fingerprint density at radius 1 is 1.07 bits per heavy atom. The van der Waals surface area contributed by atoms with Gasteiger partial charge in [0.25, 0.3) is 0 Å². The van der Waals surface area contributed by atoms with Crippen LogP contribution < -0.4 is 10.2 Å². The number of hydrazone groups is 1. The minimum Gasteiger partial charge on any atom is -0.488 e. The van der Waals surface area contributed by atoms with Gasteiger partial charge in [-0.2, -0.15) is 5.10 Å². The summed E-state index contributed by atoms with van der Waals surface area (Å²) in [7, 11) is 0. The van der Waals surface area contributed by atoms with Crippen molar-refractivity contribution in [3.8, 4) is 5.75 Å². The van der Waals surface area contributed by atoms with Gasteiger partial charge in [-0.05, 0) is 42.0 Å².